The quantitative estimate of drug-likeness (QED) is 0.862. The number of hydrogen-bond donors (Lipinski definition) is 1. The zero-order chi connectivity index (χ0) is 13.3. The molecule has 1 amide bonds. The minimum atomic E-state index is -0.904. The molecule has 1 N–H and O–H groups in total. The van der Waals surface area contributed by atoms with Gasteiger partial charge >= 0.3 is 5.97 Å². The van der Waals surface area contributed by atoms with Crippen molar-refractivity contribution in [3.63, 3.8) is 0 Å². The van der Waals surface area contributed by atoms with Crippen LogP contribution in [0.5, 0.6) is 0 Å². The lowest BCUT2D eigenvalue weighted by molar-refractivity contribution is -0.141. The number of carbonyl (C=O) groups is 2. The SMILES string of the molecule is CC(C)n1ccc(CN2CC(C(=O)O)CC2=O)n1. The molecule has 0 aromatic carbocycles. The highest BCUT2D eigenvalue weighted by atomic mass is 16.4. The van der Waals surface area contributed by atoms with Crippen LogP contribution in [-0.2, 0) is 16.1 Å². The molecule has 1 aromatic rings. The first-order chi connectivity index (χ1) is 8.47. The zero-order valence-electron chi connectivity index (χ0n) is 10.5. The van der Waals surface area contributed by atoms with Gasteiger partial charge in [0.05, 0.1) is 18.2 Å². The zero-order valence-corrected chi connectivity index (χ0v) is 10.5. The summed E-state index contributed by atoms with van der Waals surface area (Å²) in [5, 5.41) is 13.2. The molecule has 1 atom stereocenters. The maximum atomic E-state index is 11.7. The third kappa shape index (κ3) is 2.52. The number of likely N-dealkylation sites (tertiary alicyclic amines) is 1. The van der Waals surface area contributed by atoms with E-state index in [1.54, 1.807) is 4.90 Å². The highest BCUT2D eigenvalue weighted by molar-refractivity contribution is 5.85. The topological polar surface area (TPSA) is 75.4 Å². The summed E-state index contributed by atoms with van der Waals surface area (Å²) in [5.41, 5.74) is 0.795. The smallest absolute Gasteiger partial charge is 0.308 e. The van der Waals surface area contributed by atoms with E-state index in [4.69, 9.17) is 5.11 Å². The Morgan fingerprint density at radius 1 is 1.61 bits per heavy atom. The van der Waals surface area contributed by atoms with Crippen LogP contribution < -0.4 is 0 Å². The van der Waals surface area contributed by atoms with Crippen molar-refractivity contribution in [1.29, 1.82) is 0 Å². The van der Waals surface area contributed by atoms with Crippen molar-refractivity contribution in [2.24, 2.45) is 5.92 Å². The van der Waals surface area contributed by atoms with Gasteiger partial charge in [-0.15, -0.1) is 0 Å². The van der Waals surface area contributed by atoms with Crippen LogP contribution in [0.1, 0.15) is 32.0 Å². The van der Waals surface area contributed by atoms with E-state index >= 15 is 0 Å². The van der Waals surface area contributed by atoms with Gasteiger partial charge in [-0.25, -0.2) is 0 Å². The summed E-state index contributed by atoms with van der Waals surface area (Å²) in [6.07, 6.45) is 1.97. The molecule has 0 aliphatic carbocycles. The van der Waals surface area contributed by atoms with Gasteiger partial charge in [-0.2, -0.15) is 5.10 Å². The van der Waals surface area contributed by atoms with Crippen LogP contribution in [0.3, 0.4) is 0 Å². The van der Waals surface area contributed by atoms with Gasteiger partial charge in [-0.1, -0.05) is 0 Å². The molecule has 1 aliphatic rings. The van der Waals surface area contributed by atoms with Crippen molar-refractivity contribution in [2.75, 3.05) is 6.54 Å². The molecule has 1 fully saturated rings. The Morgan fingerprint density at radius 2 is 2.33 bits per heavy atom. The van der Waals surface area contributed by atoms with Gasteiger partial charge in [0.2, 0.25) is 5.91 Å². The number of hydrogen-bond acceptors (Lipinski definition) is 3. The summed E-state index contributed by atoms with van der Waals surface area (Å²) in [6, 6.07) is 2.14. The molecule has 0 spiro atoms. The highest BCUT2D eigenvalue weighted by Crippen LogP contribution is 2.20. The number of aliphatic carboxylic acids is 1. The van der Waals surface area contributed by atoms with Crippen LogP contribution in [0, 0.1) is 5.92 Å². The molecule has 0 radical (unpaired) electrons. The molecule has 0 saturated carbocycles. The lowest BCUT2D eigenvalue weighted by Crippen LogP contribution is -2.26. The number of rotatable bonds is 4. The monoisotopic (exact) mass is 251 g/mol. The summed E-state index contributed by atoms with van der Waals surface area (Å²) < 4.78 is 1.82. The van der Waals surface area contributed by atoms with Crippen molar-refractivity contribution in [2.45, 2.75) is 32.9 Å². The molecule has 18 heavy (non-hydrogen) atoms. The molecule has 6 nitrogen and oxygen atoms in total. The van der Waals surface area contributed by atoms with Gasteiger partial charge in [-0.3, -0.25) is 14.3 Å². The number of amides is 1. The lowest BCUT2D eigenvalue weighted by Gasteiger charge is -2.14. The van der Waals surface area contributed by atoms with Gasteiger partial charge in [-0.05, 0) is 19.9 Å². The Labute approximate surface area is 105 Å². The first-order valence-electron chi connectivity index (χ1n) is 6.02. The van der Waals surface area contributed by atoms with Crippen molar-refractivity contribution in [3.05, 3.63) is 18.0 Å². The molecule has 1 aromatic heterocycles. The first-order valence-corrected chi connectivity index (χ1v) is 6.02. The number of nitrogens with zero attached hydrogens (tertiary/aromatic N) is 3. The van der Waals surface area contributed by atoms with Crippen molar-refractivity contribution >= 4 is 11.9 Å². The van der Waals surface area contributed by atoms with Crippen LogP contribution >= 0.6 is 0 Å². The van der Waals surface area contributed by atoms with E-state index in [1.165, 1.54) is 0 Å². The maximum Gasteiger partial charge on any atom is 0.308 e. The van der Waals surface area contributed by atoms with E-state index in [2.05, 4.69) is 5.10 Å². The summed E-state index contributed by atoms with van der Waals surface area (Å²) >= 11 is 0. The fourth-order valence-electron chi connectivity index (χ4n) is 2.04. The highest BCUT2D eigenvalue weighted by Gasteiger charge is 2.34. The second-order valence-electron chi connectivity index (χ2n) is 4.89. The van der Waals surface area contributed by atoms with Crippen LogP contribution in [0.4, 0.5) is 0 Å². The third-order valence-corrected chi connectivity index (χ3v) is 3.11. The number of aromatic nitrogens is 2. The third-order valence-electron chi connectivity index (χ3n) is 3.11. The average molecular weight is 251 g/mol. The molecule has 1 saturated heterocycles. The minimum Gasteiger partial charge on any atom is -0.481 e. The largest absolute Gasteiger partial charge is 0.481 e. The lowest BCUT2D eigenvalue weighted by atomic mass is 10.1. The Kier molecular flexibility index (Phi) is 3.36. The molecule has 0 bridgehead atoms. The predicted molar refractivity (Wildman–Crippen MR) is 63.8 cm³/mol. The fraction of sp³-hybridized carbons (Fsp3) is 0.583. The van der Waals surface area contributed by atoms with Crippen LogP contribution in [-0.4, -0.2) is 38.2 Å². The van der Waals surface area contributed by atoms with Gasteiger partial charge in [0.15, 0.2) is 0 Å². The second-order valence-corrected chi connectivity index (χ2v) is 4.89. The van der Waals surface area contributed by atoms with Crippen molar-refractivity contribution in [3.8, 4) is 0 Å². The normalized spacial score (nSPS) is 19.8. The second kappa shape index (κ2) is 4.80. The Balaban J connectivity index is 2.01. The summed E-state index contributed by atoms with van der Waals surface area (Å²) in [5.74, 6) is -1.59. The predicted octanol–water partition coefficient (Wildman–Crippen LogP) is 0.897. The molecule has 1 aliphatic heterocycles. The molecule has 98 valence electrons. The van der Waals surface area contributed by atoms with E-state index in [0.29, 0.717) is 6.54 Å². The maximum absolute atomic E-state index is 11.7. The standard InChI is InChI=1S/C12H17N3O3/c1-8(2)15-4-3-10(13-15)7-14-6-9(12(17)18)5-11(14)16/h3-4,8-9H,5-7H2,1-2H3,(H,17,18). The summed E-state index contributed by atoms with van der Waals surface area (Å²) in [6.45, 7) is 4.72. The van der Waals surface area contributed by atoms with Gasteiger partial charge in [0, 0.05) is 25.2 Å². The van der Waals surface area contributed by atoms with Crippen LogP contribution in [0.25, 0.3) is 0 Å². The molecule has 1 unspecified atom stereocenters. The van der Waals surface area contributed by atoms with Gasteiger partial charge < -0.3 is 10.0 Å². The Morgan fingerprint density at radius 3 is 2.83 bits per heavy atom. The molecule has 2 rings (SSSR count). The molecule has 2 heterocycles. The summed E-state index contributed by atoms with van der Waals surface area (Å²) in [4.78, 5) is 24.1. The minimum absolute atomic E-state index is 0.0974. The fourth-order valence-corrected chi connectivity index (χ4v) is 2.04. The van der Waals surface area contributed by atoms with Gasteiger partial charge in [0.1, 0.15) is 0 Å². The van der Waals surface area contributed by atoms with E-state index in [0.717, 1.165) is 5.69 Å². The van der Waals surface area contributed by atoms with E-state index in [-0.39, 0.29) is 24.9 Å². The van der Waals surface area contributed by atoms with Crippen molar-refractivity contribution < 1.29 is 14.7 Å². The van der Waals surface area contributed by atoms with Crippen LogP contribution in [0.2, 0.25) is 0 Å². The van der Waals surface area contributed by atoms with Gasteiger partial charge in [0.25, 0.3) is 0 Å². The van der Waals surface area contributed by atoms with E-state index in [1.807, 2.05) is 30.8 Å². The first kappa shape index (κ1) is 12.6. The molecular weight excluding hydrogens is 234 g/mol. The molecule has 6 heteroatoms. The number of carboxylic acid groups (broad SMARTS) is 1. The number of carbonyl (C=O) groups excluding carboxylic acids is 1. The number of carboxylic acids is 1. The Bertz CT molecular complexity index is 467. The van der Waals surface area contributed by atoms with E-state index in [9.17, 15) is 9.59 Å². The van der Waals surface area contributed by atoms with Crippen LogP contribution in [0.15, 0.2) is 12.3 Å². The summed E-state index contributed by atoms with van der Waals surface area (Å²) in [7, 11) is 0. The van der Waals surface area contributed by atoms with E-state index < -0.39 is 11.9 Å². The Hall–Kier alpha value is -1.85. The average Bonchev–Trinajstić information content (AvgIpc) is 2.87. The van der Waals surface area contributed by atoms with Crippen molar-refractivity contribution in [1.82, 2.24) is 14.7 Å². The molecular formula is C12H17N3O3.